The third kappa shape index (κ3) is 5.18. The first-order valence-corrected chi connectivity index (χ1v) is 9.36. The summed E-state index contributed by atoms with van der Waals surface area (Å²) < 4.78 is 34.3. The van der Waals surface area contributed by atoms with Crippen molar-refractivity contribution in [2.45, 2.75) is 32.8 Å². The minimum atomic E-state index is -2.99. The summed E-state index contributed by atoms with van der Waals surface area (Å²) >= 11 is 0. The maximum absolute atomic E-state index is 14.6. The maximum Gasteiger partial charge on any atom is 0.410 e. The number of carbonyl (C=O) groups excluding carboxylic acids is 1. The Hall–Kier alpha value is -2.70. The zero-order valence-electron chi connectivity index (χ0n) is 16.1. The lowest BCUT2D eigenvalue weighted by molar-refractivity contribution is -0.101. The third-order valence-corrected chi connectivity index (χ3v) is 4.91. The van der Waals surface area contributed by atoms with Gasteiger partial charge in [-0.25, -0.2) is 18.6 Å². The maximum atomic E-state index is 14.6. The van der Waals surface area contributed by atoms with E-state index < -0.39 is 24.5 Å². The molecule has 1 aromatic carbocycles. The molecule has 0 radical (unpaired) electrons. The highest BCUT2D eigenvalue weighted by Crippen LogP contribution is 2.33. The number of nitrogens with one attached hydrogen (secondary N) is 1. The predicted octanol–water partition coefficient (Wildman–Crippen LogP) is 4.40. The summed E-state index contributed by atoms with van der Waals surface area (Å²) in [5.74, 6) is -3.27. The van der Waals surface area contributed by atoms with Gasteiger partial charge in [0.1, 0.15) is 12.4 Å². The minimum absolute atomic E-state index is 0.0746. The standard InChI is InChI=1S/C21H25F2N3O2/c1-15-6-8-17(9-7-15)13-28-20(27)26-11-10-18(21(22,23)14-26)12-24-19-5-3-4-16(2)25-19/h3-9,18H,10-14H2,1-2H3,(H,24,25). The van der Waals surface area contributed by atoms with Gasteiger partial charge in [-0.1, -0.05) is 35.9 Å². The third-order valence-electron chi connectivity index (χ3n) is 4.91. The minimum Gasteiger partial charge on any atom is -0.445 e. The summed E-state index contributed by atoms with van der Waals surface area (Å²) in [7, 11) is 0. The van der Waals surface area contributed by atoms with Crippen LogP contribution in [-0.2, 0) is 11.3 Å². The zero-order valence-corrected chi connectivity index (χ0v) is 16.1. The van der Waals surface area contributed by atoms with Crippen molar-refractivity contribution in [2.24, 2.45) is 5.92 Å². The Morgan fingerprint density at radius 1 is 1.25 bits per heavy atom. The van der Waals surface area contributed by atoms with Crippen molar-refractivity contribution in [1.29, 1.82) is 0 Å². The topological polar surface area (TPSA) is 54.5 Å². The van der Waals surface area contributed by atoms with Crippen molar-refractivity contribution in [1.82, 2.24) is 9.88 Å². The van der Waals surface area contributed by atoms with Crippen LogP contribution in [0.15, 0.2) is 42.5 Å². The lowest BCUT2D eigenvalue weighted by Crippen LogP contribution is -2.52. The van der Waals surface area contributed by atoms with E-state index in [1.165, 1.54) is 0 Å². The molecule has 0 bridgehead atoms. The van der Waals surface area contributed by atoms with Crippen LogP contribution in [0.4, 0.5) is 19.4 Å². The second kappa shape index (κ2) is 8.54. The van der Waals surface area contributed by atoms with Crippen molar-refractivity contribution >= 4 is 11.9 Å². The van der Waals surface area contributed by atoms with Crippen LogP contribution >= 0.6 is 0 Å². The Balaban J connectivity index is 1.50. The molecule has 1 unspecified atom stereocenters. The van der Waals surface area contributed by atoms with Gasteiger partial charge in [-0.15, -0.1) is 0 Å². The molecule has 1 aliphatic rings. The van der Waals surface area contributed by atoms with Crippen LogP contribution in [0, 0.1) is 19.8 Å². The van der Waals surface area contributed by atoms with E-state index in [1.54, 1.807) is 6.07 Å². The van der Waals surface area contributed by atoms with Crippen LogP contribution < -0.4 is 5.32 Å². The molecule has 1 fully saturated rings. The molecule has 7 heteroatoms. The van der Waals surface area contributed by atoms with E-state index in [4.69, 9.17) is 4.74 Å². The van der Waals surface area contributed by atoms with Crippen molar-refractivity contribution in [3.8, 4) is 0 Å². The van der Waals surface area contributed by atoms with Gasteiger partial charge in [-0.2, -0.15) is 0 Å². The molecule has 1 saturated heterocycles. The van der Waals surface area contributed by atoms with Gasteiger partial charge in [-0.3, -0.25) is 0 Å². The van der Waals surface area contributed by atoms with Gasteiger partial charge in [-0.05, 0) is 38.0 Å². The number of nitrogens with zero attached hydrogens (tertiary/aromatic N) is 2. The van der Waals surface area contributed by atoms with Gasteiger partial charge in [0.15, 0.2) is 0 Å². The van der Waals surface area contributed by atoms with Crippen molar-refractivity contribution < 1.29 is 18.3 Å². The Morgan fingerprint density at radius 2 is 2.00 bits per heavy atom. The van der Waals surface area contributed by atoms with Crippen molar-refractivity contribution in [3.63, 3.8) is 0 Å². The molecule has 1 amide bonds. The molecule has 3 rings (SSSR count). The fourth-order valence-corrected chi connectivity index (χ4v) is 3.18. The second-order valence-electron chi connectivity index (χ2n) is 7.25. The number of aryl methyl sites for hydroxylation is 2. The number of benzene rings is 1. The first-order valence-electron chi connectivity index (χ1n) is 9.36. The highest BCUT2D eigenvalue weighted by Gasteiger charge is 2.46. The van der Waals surface area contributed by atoms with E-state index in [1.807, 2.05) is 50.2 Å². The number of amides is 1. The van der Waals surface area contributed by atoms with Crippen LogP contribution in [0.3, 0.4) is 0 Å². The Morgan fingerprint density at radius 3 is 2.68 bits per heavy atom. The summed E-state index contributed by atoms with van der Waals surface area (Å²) in [6.07, 6.45) is -0.502. The molecule has 28 heavy (non-hydrogen) atoms. The number of halogens is 2. The van der Waals surface area contributed by atoms with Crippen LogP contribution in [0.5, 0.6) is 0 Å². The quantitative estimate of drug-likeness (QED) is 0.823. The number of ether oxygens (including phenoxy) is 1. The Kier molecular flexibility index (Phi) is 6.11. The fourth-order valence-electron chi connectivity index (χ4n) is 3.18. The molecule has 1 aliphatic heterocycles. The van der Waals surface area contributed by atoms with Gasteiger partial charge in [0.2, 0.25) is 0 Å². The molecule has 1 atom stereocenters. The van der Waals surface area contributed by atoms with E-state index in [2.05, 4.69) is 10.3 Å². The van der Waals surface area contributed by atoms with E-state index in [9.17, 15) is 13.6 Å². The van der Waals surface area contributed by atoms with Crippen LogP contribution in [-0.4, -0.2) is 41.5 Å². The number of piperidine rings is 1. The zero-order chi connectivity index (χ0) is 20.1. The molecular formula is C21H25F2N3O2. The van der Waals surface area contributed by atoms with Gasteiger partial charge >= 0.3 is 6.09 Å². The van der Waals surface area contributed by atoms with Crippen LogP contribution in [0.2, 0.25) is 0 Å². The Bertz CT molecular complexity index is 812. The predicted molar refractivity (Wildman–Crippen MR) is 103 cm³/mol. The first-order chi connectivity index (χ1) is 13.3. The van der Waals surface area contributed by atoms with Crippen molar-refractivity contribution in [3.05, 3.63) is 59.3 Å². The number of rotatable bonds is 5. The smallest absolute Gasteiger partial charge is 0.410 e. The van der Waals surface area contributed by atoms with Crippen LogP contribution in [0.25, 0.3) is 0 Å². The van der Waals surface area contributed by atoms with Gasteiger partial charge in [0, 0.05) is 24.7 Å². The summed E-state index contributed by atoms with van der Waals surface area (Å²) in [5, 5.41) is 2.98. The average Bonchev–Trinajstić information content (AvgIpc) is 2.66. The molecule has 1 N–H and O–H groups in total. The number of pyridine rings is 1. The normalized spacial score (nSPS) is 18.6. The summed E-state index contributed by atoms with van der Waals surface area (Å²) in [6.45, 7) is 3.61. The lowest BCUT2D eigenvalue weighted by atomic mass is 9.93. The fraction of sp³-hybridized carbons (Fsp3) is 0.429. The van der Waals surface area contributed by atoms with E-state index in [-0.39, 0.29) is 26.1 Å². The number of hydrogen-bond acceptors (Lipinski definition) is 4. The van der Waals surface area contributed by atoms with Gasteiger partial charge < -0.3 is 15.0 Å². The first kappa shape index (κ1) is 20.0. The van der Waals surface area contributed by atoms with Gasteiger partial charge in [0.25, 0.3) is 5.92 Å². The van der Waals surface area contributed by atoms with Crippen molar-refractivity contribution in [2.75, 3.05) is 25.0 Å². The largest absolute Gasteiger partial charge is 0.445 e. The molecule has 0 aliphatic carbocycles. The lowest BCUT2D eigenvalue weighted by Gasteiger charge is -2.37. The van der Waals surface area contributed by atoms with E-state index in [0.29, 0.717) is 5.82 Å². The summed E-state index contributed by atoms with van der Waals surface area (Å²) in [4.78, 5) is 17.6. The number of anilines is 1. The van der Waals surface area contributed by atoms with E-state index >= 15 is 0 Å². The van der Waals surface area contributed by atoms with E-state index in [0.717, 1.165) is 21.7 Å². The Labute approximate surface area is 163 Å². The highest BCUT2D eigenvalue weighted by molar-refractivity contribution is 5.68. The number of likely N-dealkylation sites (tertiary alicyclic amines) is 1. The molecule has 1 aromatic heterocycles. The van der Waals surface area contributed by atoms with Crippen LogP contribution in [0.1, 0.15) is 23.2 Å². The number of carbonyl (C=O) groups is 1. The summed E-state index contributed by atoms with van der Waals surface area (Å²) in [5.41, 5.74) is 2.75. The molecule has 5 nitrogen and oxygen atoms in total. The number of aromatic nitrogens is 1. The monoisotopic (exact) mass is 389 g/mol. The molecular weight excluding hydrogens is 364 g/mol. The highest BCUT2D eigenvalue weighted by atomic mass is 19.3. The SMILES string of the molecule is Cc1ccc(COC(=O)N2CCC(CNc3cccc(C)n3)C(F)(F)C2)cc1. The number of hydrogen-bond donors (Lipinski definition) is 1. The summed E-state index contributed by atoms with van der Waals surface area (Å²) in [6, 6.07) is 13.0. The molecule has 2 heterocycles. The molecule has 150 valence electrons. The van der Waals surface area contributed by atoms with Gasteiger partial charge in [0.05, 0.1) is 6.54 Å². The second-order valence-corrected chi connectivity index (χ2v) is 7.25. The average molecular weight is 389 g/mol. The molecule has 0 saturated carbocycles. The molecule has 0 spiro atoms. The molecule has 2 aromatic rings. The number of alkyl halides is 2.